The Morgan fingerprint density at radius 3 is 2.42 bits per heavy atom. The molecule has 0 unspecified atom stereocenters. The zero-order valence-corrected chi connectivity index (χ0v) is 11.8. The van der Waals surface area contributed by atoms with Crippen LogP contribution in [0, 0.1) is 0 Å². The van der Waals surface area contributed by atoms with Gasteiger partial charge in [0.25, 0.3) is 0 Å². The lowest BCUT2D eigenvalue weighted by atomic mass is 10.2. The lowest BCUT2D eigenvalue weighted by molar-refractivity contribution is -0.121. The minimum atomic E-state index is -0.0702. The van der Waals surface area contributed by atoms with Gasteiger partial charge in [-0.15, -0.1) is 0 Å². The first-order chi connectivity index (χ1) is 9.20. The Kier molecular flexibility index (Phi) is 4.93. The number of para-hydroxylation sites is 1. The summed E-state index contributed by atoms with van der Waals surface area (Å²) in [4.78, 5) is 16.9. The number of piperazine rings is 1. The molecule has 104 valence electrons. The fourth-order valence-corrected chi connectivity index (χ4v) is 2.40. The van der Waals surface area contributed by atoms with Crippen molar-refractivity contribution >= 4 is 11.6 Å². The topological polar surface area (TPSA) is 35.6 Å². The predicted molar refractivity (Wildman–Crippen MR) is 78.2 cm³/mol. The van der Waals surface area contributed by atoms with Crippen LogP contribution < -0.4 is 5.32 Å². The average molecular weight is 261 g/mol. The molecule has 1 amide bonds. The molecule has 19 heavy (non-hydrogen) atoms. The highest BCUT2D eigenvalue weighted by atomic mass is 16.2. The van der Waals surface area contributed by atoms with E-state index in [4.69, 9.17) is 0 Å². The molecule has 0 spiro atoms. The van der Waals surface area contributed by atoms with Crippen LogP contribution in [0.3, 0.4) is 0 Å². The van der Waals surface area contributed by atoms with Crippen LogP contribution in [0.25, 0.3) is 0 Å². The maximum atomic E-state index is 12.2. The van der Waals surface area contributed by atoms with Gasteiger partial charge in [-0.05, 0) is 25.6 Å². The third-order valence-corrected chi connectivity index (χ3v) is 3.82. The summed E-state index contributed by atoms with van der Waals surface area (Å²) in [6.07, 6.45) is 0. The van der Waals surface area contributed by atoms with Gasteiger partial charge in [0.15, 0.2) is 0 Å². The van der Waals surface area contributed by atoms with Gasteiger partial charge in [-0.25, -0.2) is 0 Å². The van der Waals surface area contributed by atoms with Crippen molar-refractivity contribution in [3.05, 3.63) is 30.3 Å². The van der Waals surface area contributed by atoms with Gasteiger partial charge < -0.3 is 10.2 Å². The molecule has 0 aliphatic carbocycles. The summed E-state index contributed by atoms with van der Waals surface area (Å²) >= 11 is 0. The van der Waals surface area contributed by atoms with E-state index in [0.717, 1.165) is 38.4 Å². The van der Waals surface area contributed by atoms with E-state index < -0.39 is 0 Å². The van der Waals surface area contributed by atoms with Gasteiger partial charge in [-0.1, -0.05) is 25.1 Å². The Morgan fingerprint density at radius 1 is 1.21 bits per heavy atom. The number of rotatable bonds is 4. The summed E-state index contributed by atoms with van der Waals surface area (Å²) in [5.74, 6) is 0.0798. The molecule has 0 bridgehead atoms. The number of amides is 1. The van der Waals surface area contributed by atoms with Crippen molar-refractivity contribution in [2.45, 2.75) is 19.9 Å². The molecule has 1 atom stereocenters. The highest BCUT2D eigenvalue weighted by Crippen LogP contribution is 2.10. The first-order valence-corrected chi connectivity index (χ1v) is 7.03. The SMILES string of the molecule is CCN1CCN([C@H](C)C(=O)Nc2ccccc2)CC1. The standard InChI is InChI=1S/C15H23N3O/c1-3-17-9-11-18(12-10-17)13(2)15(19)16-14-7-5-4-6-8-14/h4-8,13H,3,9-12H2,1-2H3,(H,16,19)/t13-/m1/s1. The van der Waals surface area contributed by atoms with Crippen LogP contribution in [0.1, 0.15) is 13.8 Å². The van der Waals surface area contributed by atoms with Crippen molar-refractivity contribution in [3.63, 3.8) is 0 Å². The van der Waals surface area contributed by atoms with Crippen LogP contribution in [0.4, 0.5) is 5.69 Å². The molecular weight excluding hydrogens is 238 g/mol. The summed E-state index contributed by atoms with van der Waals surface area (Å²) in [5, 5.41) is 2.97. The molecule has 0 aromatic heterocycles. The zero-order valence-electron chi connectivity index (χ0n) is 11.8. The molecule has 0 saturated carbocycles. The maximum absolute atomic E-state index is 12.2. The van der Waals surface area contributed by atoms with E-state index in [-0.39, 0.29) is 11.9 Å². The molecule has 1 fully saturated rings. The number of hydrogen-bond acceptors (Lipinski definition) is 3. The highest BCUT2D eigenvalue weighted by Gasteiger charge is 2.24. The summed E-state index contributed by atoms with van der Waals surface area (Å²) in [5.41, 5.74) is 0.867. The van der Waals surface area contributed by atoms with Gasteiger partial charge in [0.1, 0.15) is 0 Å². The van der Waals surface area contributed by atoms with Gasteiger partial charge in [0.05, 0.1) is 6.04 Å². The normalized spacial score (nSPS) is 19.1. The van der Waals surface area contributed by atoms with E-state index in [1.54, 1.807) is 0 Å². The smallest absolute Gasteiger partial charge is 0.241 e. The number of anilines is 1. The van der Waals surface area contributed by atoms with Crippen LogP contribution in [0.15, 0.2) is 30.3 Å². The van der Waals surface area contributed by atoms with Gasteiger partial charge in [0, 0.05) is 31.9 Å². The van der Waals surface area contributed by atoms with Crippen LogP contribution >= 0.6 is 0 Å². The number of benzene rings is 1. The Balaban J connectivity index is 1.86. The van der Waals surface area contributed by atoms with E-state index in [0.29, 0.717) is 0 Å². The minimum absolute atomic E-state index is 0.0702. The lowest BCUT2D eigenvalue weighted by Gasteiger charge is -2.36. The number of carbonyl (C=O) groups excluding carboxylic acids is 1. The van der Waals surface area contributed by atoms with Crippen LogP contribution in [-0.2, 0) is 4.79 Å². The Labute approximate surface area is 115 Å². The molecule has 1 heterocycles. The van der Waals surface area contributed by atoms with Gasteiger partial charge in [-0.2, -0.15) is 0 Å². The molecule has 2 rings (SSSR count). The second kappa shape index (κ2) is 6.68. The van der Waals surface area contributed by atoms with Gasteiger partial charge >= 0.3 is 0 Å². The van der Waals surface area contributed by atoms with Gasteiger partial charge in [-0.3, -0.25) is 9.69 Å². The van der Waals surface area contributed by atoms with Crippen molar-refractivity contribution in [2.24, 2.45) is 0 Å². The molecule has 4 nitrogen and oxygen atoms in total. The molecule has 0 radical (unpaired) electrons. The first kappa shape index (κ1) is 14.0. The number of nitrogens with zero attached hydrogens (tertiary/aromatic N) is 2. The van der Waals surface area contributed by atoms with Crippen molar-refractivity contribution in [3.8, 4) is 0 Å². The van der Waals surface area contributed by atoms with E-state index in [2.05, 4.69) is 22.0 Å². The third kappa shape index (κ3) is 3.78. The second-order valence-electron chi connectivity index (χ2n) is 5.00. The number of hydrogen-bond donors (Lipinski definition) is 1. The van der Waals surface area contributed by atoms with E-state index >= 15 is 0 Å². The summed E-state index contributed by atoms with van der Waals surface area (Å²) in [6.45, 7) is 9.31. The first-order valence-electron chi connectivity index (χ1n) is 7.03. The molecular formula is C15H23N3O. The van der Waals surface area contributed by atoms with Crippen molar-refractivity contribution in [2.75, 3.05) is 38.0 Å². The van der Waals surface area contributed by atoms with Crippen molar-refractivity contribution in [1.82, 2.24) is 9.80 Å². The molecule has 1 N–H and O–H groups in total. The molecule has 1 aromatic carbocycles. The van der Waals surface area contributed by atoms with E-state index in [1.807, 2.05) is 37.3 Å². The quantitative estimate of drug-likeness (QED) is 0.895. The fourth-order valence-electron chi connectivity index (χ4n) is 2.40. The minimum Gasteiger partial charge on any atom is -0.325 e. The van der Waals surface area contributed by atoms with Crippen molar-refractivity contribution < 1.29 is 4.79 Å². The van der Waals surface area contributed by atoms with E-state index in [9.17, 15) is 4.79 Å². The number of likely N-dealkylation sites (N-methyl/N-ethyl adjacent to an activating group) is 1. The Bertz CT molecular complexity index is 399. The number of carbonyl (C=O) groups is 1. The highest BCUT2D eigenvalue weighted by molar-refractivity contribution is 5.94. The fraction of sp³-hybridized carbons (Fsp3) is 0.533. The maximum Gasteiger partial charge on any atom is 0.241 e. The van der Waals surface area contributed by atoms with Gasteiger partial charge in [0.2, 0.25) is 5.91 Å². The Hall–Kier alpha value is -1.39. The molecule has 1 saturated heterocycles. The van der Waals surface area contributed by atoms with Crippen molar-refractivity contribution in [1.29, 1.82) is 0 Å². The molecule has 1 aliphatic heterocycles. The zero-order chi connectivity index (χ0) is 13.7. The second-order valence-corrected chi connectivity index (χ2v) is 5.00. The molecule has 1 aromatic rings. The van der Waals surface area contributed by atoms with E-state index in [1.165, 1.54) is 0 Å². The van der Waals surface area contributed by atoms with Crippen LogP contribution in [0.5, 0.6) is 0 Å². The Morgan fingerprint density at radius 2 is 1.84 bits per heavy atom. The third-order valence-electron chi connectivity index (χ3n) is 3.82. The summed E-state index contributed by atoms with van der Waals surface area (Å²) in [7, 11) is 0. The summed E-state index contributed by atoms with van der Waals surface area (Å²) < 4.78 is 0. The predicted octanol–water partition coefficient (Wildman–Crippen LogP) is 1.65. The molecule has 4 heteroatoms. The monoisotopic (exact) mass is 261 g/mol. The average Bonchev–Trinajstić information content (AvgIpc) is 2.47. The number of nitrogens with one attached hydrogen (secondary N) is 1. The lowest BCUT2D eigenvalue weighted by Crippen LogP contribution is -2.52. The summed E-state index contributed by atoms with van der Waals surface area (Å²) in [6, 6.07) is 9.57. The van der Waals surface area contributed by atoms with Crippen LogP contribution in [0.2, 0.25) is 0 Å². The largest absolute Gasteiger partial charge is 0.325 e. The van der Waals surface area contributed by atoms with Crippen LogP contribution in [-0.4, -0.2) is 54.5 Å². The molecule has 1 aliphatic rings.